The molecule has 0 spiro atoms. The number of benzene rings is 3. The fraction of sp³-hybridized carbons (Fsp3) is 0.0909. The van der Waals surface area contributed by atoms with Crippen LogP contribution in [0.3, 0.4) is 0 Å². The molecule has 3 aromatic carbocycles. The van der Waals surface area contributed by atoms with Gasteiger partial charge in [-0.3, -0.25) is 4.79 Å². The highest BCUT2D eigenvalue weighted by Gasteiger charge is 2.14. The number of halogens is 2. The Morgan fingerprint density at radius 2 is 1.69 bits per heavy atom. The summed E-state index contributed by atoms with van der Waals surface area (Å²) in [6, 6.07) is 15.1. The maximum atomic E-state index is 13.8. The maximum absolute atomic E-state index is 13.8. The normalized spacial score (nSPS) is 11.0. The van der Waals surface area contributed by atoms with E-state index in [9.17, 15) is 18.4 Å². The van der Waals surface area contributed by atoms with Crippen molar-refractivity contribution in [2.45, 2.75) is 13.5 Å². The van der Waals surface area contributed by atoms with E-state index >= 15 is 0 Å². The van der Waals surface area contributed by atoms with Gasteiger partial charge in [-0.1, -0.05) is 24.3 Å². The van der Waals surface area contributed by atoms with Crippen LogP contribution in [0, 0.1) is 18.6 Å². The van der Waals surface area contributed by atoms with Crippen molar-refractivity contribution in [1.29, 1.82) is 0 Å². The number of aromatic nitrogens is 2. The molecule has 5 nitrogen and oxygen atoms in total. The number of aromatic amines is 1. The fourth-order valence-corrected chi connectivity index (χ4v) is 3.13. The third-order valence-corrected chi connectivity index (χ3v) is 4.67. The lowest BCUT2D eigenvalue weighted by atomic mass is 10.1. The Morgan fingerprint density at radius 1 is 0.966 bits per heavy atom. The summed E-state index contributed by atoms with van der Waals surface area (Å²) in [5.41, 5.74) is 0.179. The first-order valence-corrected chi connectivity index (χ1v) is 8.86. The molecule has 4 rings (SSSR count). The number of nitrogens with zero attached hydrogens (tertiary/aromatic N) is 1. The SMILES string of the molecule is Cc1ccc(OCc2c(F)cccc2F)cc1-n1c(=O)[nH]c2ccccc2c1=O. The van der Waals surface area contributed by atoms with Gasteiger partial charge in [0, 0.05) is 6.07 Å². The van der Waals surface area contributed by atoms with E-state index in [-0.39, 0.29) is 17.9 Å². The second-order valence-corrected chi connectivity index (χ2v) is 6.55. The van der Waals surface area contributed by atoms with E-state index in [4.69, 9.17) is 4.74 Å². The third-order valence-electron chi connectivity index (χ3n) is 4.67. The van der Waals surface area contributed by atoms with Crippen LogP contribution in [0.15, 0.2) is 70.3 Å². The number of hydrogen-bond acceptors (Lipinski definition) is 3. The quantitative estimate of drug-likeness (QED) is 0.572. The molecule has 29 heavy (non-hydrogen) atoms. The first-order chi connectivity index (χ1) is 14.0. The van der Waals surface area contributed by atoms with Crippen molar-refractivity contribution in [2.75, 3.05) is 0 Å². The smallest absolute Gasteiger partial charge is 0.333 e. The number of nitrogens with one attached hydrogen (secondary N) is 1. The van der Waals surface area contributed by atoms with Gasteiger partial charge in [0.1, 0.15) is 24.0 Å². The molecule has 0 bridgehead atoms. The van der Waals surface area contributed by atoms with Crippen LogP contribution in [0.1, 0.15) is 11.1 Å². The maximum Gasteiger partial charge on any atom is 0.333 e. The molecule has 0 saturated carbocycles. The molecular weight excluding hydrogens is 378 g/mol. The van der Waals surface area contributed by atoms with Gasteiger partial charge in [-0.25, -0.2) is 18.1 Å². The van der Waals surface area contributed by atoms with E-state index in [0.29, 0.717) is 22.2 Å². The molecule has 0 atom stereocenters. The number of fused-ring (bicyclic) bond motifs is 1. The van der Waals surface area contributed by atoms with E-state index in [0.717, 1.165) is 16.7 Å². The summed E-state index contributed by atoms with van der Waals surface area (Å²) < 4.78 is 34.2. The van der Waals surface area contributed by atoms with Gasteiger partial charge < -0.3 is 9.72 Å². The van der Waals surface area contributed by atoms with Crippen LogP contribution in [0.4, 0.5) is 8.78 Å². The molecule has 0 amide bonds. The van der Waals surface area contributed by atoms with Gasteiger partial charge in [-0.15, -0.1) is 0 Å². The second-order valence-electron chi connectivity index (χ2n) is 6.55. The highest BCUT2D eigenvalue weighted by atomic mass is 19.1. The second kappa shape index (κ2) is 7.35. The van der Waals surface area contributed by atoms with Crippen LogP contribution in [-0.2, 0) is 6.61 Å². The van der Waals surface area contributed by atoms with E-state index in [1.165, 1.54) is 12.1 Å². The summed E-state index contributed by atoms with van der Waals surface area (Å²) in [7, 11) is 0. The summed E-state index contributed by atoms with van der Waals surface area (Å²) in [6.45, 7) is 1.42. The van der Waals surface area contributed by atoms with Crippen molar-refractivity contribution in [3.8, 4) is 11.4 Å². The number of aryl methyl sites for hydroxylation is 1. The molecule has 0 radical (unpaired) electrons. The standard InChI is InChI=1S/C22H16F2N2O3/c1-13-9-10-14(29-12-16-17(23)6-4-7-18(16)24)11-20(13)26-21(27)15-5-2-3-8-19(15)25-22(26)28/h2-11H,12H2,1H3,(H,25,28). The van der Waals surface area contributed by atoms with Gasteiger partial charge in [0.05, 0.1) is 22.2 Å². The lowest BCUT2D eigenvalue weighted by molar-refractivity contribution is 0.292. The Hall–Kier alpha value is -3.74. The Labute approximate surface area is 163 Å². The summed E-state index contributed by atoms with van der Waals surface area (Å²) in [5.74, 6) is -1.15. The average Bonchev–Trinajstić information content (AvgIpc) is 2.69. The van der Waals surface area contributed by atoms with Crippen LogP contribution in [0.5, 0.6) is 5.75 Å². The molecule has 1 heterocycles. The van der Waals surface area contributed by atoms with Crippen molar-refractivity contribution in [2.24, 2.45) is 0 Å². The Morgan fingerprint density at radius 3 is 2.45 bits per heavy atom. The Kier molecular flexibility index (Phi) is 4.72. The summed E-state index contributed by atoms with van der Waals surface area (Å²) >= 11 is 0. The molecule has 1 aromatic heterocycles. The van der Waals surface area contributed by atoms with E-state index < -0.39 is 22.9 Å². The molecule has 0 aliphatic carbocycles. The number of hydrogen-bond donors (Lipinski definition) is 1. The van der Waals surface area contributed by atoms with E-state index in [1.807, 2.05) is 0 Å². The number of H-pyrrole nitrogens is 1. The van der Waals surface area contributed by atoms with Crippen LogP contribution in [-0.4, -0.2) is 9.55 Å². The first-order valence-electron chi connectivity index (χ1n) is 8.86. The minimum atomic E-state index is -0.709. The van der Waals surface area contributed by atoms with Crippen LogP contribution < -0.4 is 16.0 Å². The topological polar surface area (TPSA) is 64.1 Å². The minimum Gasteiger partial charge on any atom is -0.489 e. The van der Waals surface area contributed by atoms with Gasteiger partial charge in [0.25, 0.3) is 5.56 Å². The largest absolute Gasteiger partial charge is 0.489 e. The van der Waals surface area contributed by atoms with Crippen molar-refractivity contribution in [3.63, 3.8) is 0 Å². The lowest BCUT2D eigenvalue weighted by Crippen LogP contribution is -2.34. The Balaban J connectivity index is 1.76. The van der Waals surface area contributed by atoms with Crippen molar-refractivity contribution in [1.82, 2.24) is 9.55 Å². The molecule has 4 aromatic rings. The molecule has 0 unspecified atom stereocenters. The average molecular weight is 394 g/mol. The van der Waals surface area contributed by atoms with Crippen LogP contribution >= 0.6 is 0 Å². The first kappa shape index (κ1) is 18.6. The molecule has 0 aliphatic heterocycles. The number of rotatable bonds is 4. The molecule has 1 N–H and O–H groups in total. The number of para-hydroxylation sites is 1. The molecule has 0 aliphatic rings. The van der Waals surface area contributed by atoms with Gasteiger partial charge >= 0.3 is 5.69 Å². The predicted molar refractivity (Wildman–Crippen MR) is 106 cm³/mol. The van der Waals surface area contributed by atoms with Gasteiger partial charge in [-0.2, -0.15) is 0 Å². The van der Waals surface area contributed by atoms with E-state index in [2.05, 4.69) is 4.98 Å². The van der Waals surface area contributed by atoms with Gasteiger partial charge in [0.15, 0.2) is 0 Å². The minimum absolute atomic E-state index is 0.199. The Bertz CT molecular complexity index is 1320. The molecule has 0 saturated heterocycles. The third kappa shape index (κ3) is 3.42. The van der Waals surface area contributed by atoms with Crippen molar-refractivity contribution >= 4 is 10.9 Å². The monoisotopic (exact) mass is 394 g/mol. The molecule has 7 heteroatoms. The summed E-state index contributed by atoms with van der Waals surface area (Å²) in [4.78, 5) is 28.1. The van der Waals surface area contributed by atoms with Gasteiger partial charge in [-0.05, 0) is 42.8 Å². The van der Waals surface area contributed by atoms with Crippen LogP contribution in [0.2, 0.25) is 0 Å². The summed E-state index contributed by atoms with van der Waals surface area (Å²) in [6.07, 6.45) is 0. The number of ether oxygens (including phenoxy) is 1. The van der Waals surface area contributed by atoms with Crippen LogP contribution in [0.25, 0.3) is 16.6 Å². The van der Waals surface area contributed by atoms with Crippen molar-refractivity contribution < 1.29 is 13.5 Å². The van der Waals surface area contributed by atoms with Crippen molar-refractivity contribution in [3.05, 3.63) is 104 Å². The molecule has 0 fully saturated rings. The molecule has 146 valence electrons. The zero-order chi connectivity index (χ0) is 20.5. The zero-order valence-electron chi connectivity index (χ0n) is 15.4. The zero-order valence-corrected chi connectivity index (χ0v) is 15.4. The van der Waals surface area contributed by atoms with E-state index in [1.54, 1.807) is 43.3 Å². The fourth-order valence-electron chi connectivity index (χ4n) is 3.13. The highest BCUT2D eigenvalue weighted by Crippen LogP contribution is 2.22. The molecular formula is C22H16F2N2O3. The van der Waals surface area contributed by atoms with Gasteiger partial charge in [0.2, 0.25) is 0 Å². The summed E-state index contributed by atoms with van der Waals surface area (Å²) in [5, 5.41) is 0.367. The lowest BCUT2D eigenvalue weighted by Gasteiger charge is -2.13. The predicted octanol–water partition coefficient (Wildman–Crippen LogP) is 3.84. The highest BCUT2D eigenvalue weighted by molar-refractivity contribution is 5.77.